The van der Waals surface area contributed by atoms with Gasteiger partial charge in [-0.2, -0.15) is 13.2 Å². The molecule has 1 saturated heterocycles. The zero-order valence-corrected chi connectivity index (χ0v) is 10.1. The van der Waals surface area contributed by atoms with Gasteiger partial charge in [-0.15, -0.1) is 0 Å². The highest BCUT2D eigenvalue weighted by atomic mass is 19.4. The third kappa shape index (κ3) is 2.86. The summed E-state index contributed by atoms with van der Waals surface area (Å²) in [4.78, 5) is 2.12. The van der Waals surface area contributed by atoms with Crippen molar-refractivity contribution < 1.29 is 13.2 Å². The summed E-state index contributed by atoms with van der Waals surface area (Å²) in [5.41, 5.74) is 0.400. The number of piperidine rings is 1. The summed E-state index contributed by atoms with van der Waals surface area (Å²) < 4.78 is 37.4. The largest absolute Gasteiger partial charge is 0.416 e. The summed E-state index contributed by atoms with van der Waals surface area (Å²) in [6.45, 7) is 5.56. The smallest absolute Gasteiger partial charge is 0.377 e. The Labute approximate surface area is 105 Å². The van der Waals surface area contributed by atoms with Crippen LogP contribution in [0, 0.1) is 0 Å². The number of benzene rings is 1. The Balaban J connectivity index is 2.12. The number of nitrogens with zero attached hydrogens (tertiary/aromatic N) is 1. The molecular weight excluding hydrogens is 239 g/mol. The van der Waals surface area contributed by atoms with Gasteiger partial charge in [0.1, 0.15) is 0 Å². The summed E-state index contributed by atoms with van der Waals surface area (Å²) in [6.07, 6.45) is -0.373. The quantitative estimate of drug-likeness (QED) is 0.771. The van der Waals surface area contributed by atoms with E-state index in [1.165, 1.54) is 12.1 Å². The molecule has 18 heavy (non-hydrogen) atoms. The second kappa shape index (κ2) is 5.04. The molecule has 4 heteroatoms. The monoisotopic (exact) mass is 255 g/mol. The van der Waals surface area contributed by atoms with Crippen LogP contribution >= 0.6 is 0 Å². The second-order valence-corrected chi connectivity index (χ2v) is 4.64. The Morgan fingerprint density at radius 2 is 1.89 bits per heavy atom. The predicted octanol–water partition coefficient (Wildman–Crippen LogP) is 4.03. The molecule has 1 heterocycles. The van der Waals surface area contributed by atoms with Crippen LogP contribution in [0.4, 0.5) is 13.2 Å². The van der Waals surface area contributed by atoms with E-state index >= 15 is 0 Å². The SMILES string of the molecule is C=CN1CCCC(c2ccc(C(F)(F)F)cc2)C1. The molecule has 0 spiro atoms. The van der Waals surface area contributed by atoms with Gasteiger partial charge in [0, 0.05) is 19.0 Å². The lowest BCUT2D eigenvalue weighted by Gasteiger charge is -2.32. The Kier molecular flexibility index (Phi) is 3.64. The fourth-order valence-corrected chi connectivity index (χ4v) is 2.39. The third-order valence-electron chi connectivity index (χ3n) is 3.42. The van der Waals surface area contributed by atoms with Crippen LogP contribution in [-0.2, 0) is 6.18 Å². The number of halogens is 3. The lowest BCUT2D eigenvalue weighted by atomic mass is 9.90. The molecule has 0 aromatic heterocycles. The Morgan fingerprint density at radius 1 is 1.22 bits per heavy atom. The summed E-state index contributed by atoms with van der Waals surface area (Å²) in [5, 5.41) is 0. The van der Waals surface area contributed by atoms with Gasteiger partial charge < -0.3 is 4.90 Å². The Hall–Kier alpha value is -1.45. The number of likely N-dealkylation sites (tertiary alicyclic amines) is 1. The van der Waals surface area contributed by atoms with Crippen LogP contribution < -0.4 is 0 Å². The highest BCUT2D eigenvalue weighted by molar-refractivity contribution is 5.27. The first kappa shape index (κ1) is 13.0. The Morgan fingerprint density at radius 3 is 2.44 bits per heavy atom. The van der Waals surface area contributed by atoms with Gasteiger partial charge in [0.15, 0.2) is 0 Å². The molecule has 1 nitrogen and oxygen atoms in total. The molecule has 0 amide bonds. The van der Waals surface area contributed by atoms with Gasteiger partial charge in [0.2, 0.25) is 0 Å². The summed E-state index contributed by atoms with van der Waals surface area (Å²) in [5.74, 6) is 0.305. The number of alkyl halides is 3. The minimum Gasteiger partial charge on any atom is -0.377 e. The summed E-state index contributed by atoms with van der Waals surface area (Å²) >= 11 is 0. The molecule has 0 N–H and O–H groups in total. The van der Waals surface area contributed by atoms with Gasteiger partial charge in [0.05, 0.1) is 5.56 Å². The van der Waals surface area contributed by atoms with E-state index in [2.05, 4.69) is 11.5 Å². The molecule has 2 rings (SSSR count). The molecule has 0 bridgehead atoms. The molecule has 0 radical (unpaired) electrons. The minimum atomic E-state index is -4.25. The maximum Gasteiger partial charge on any atom is 0.416 e. The number of hydrogen-bond acceptors (Lipinski definition) is 1. The average Bonchev–Trinajstić information content (AvgIpc) is 2.38. The van der Waals surface area contributed by atoms with Crippen LogP contribution in [0.3, 0.4) is 0 Å². The lowest BCUT2D eigenvalue weighted by molar-refractivity contribution is -0.137. The Bertz CT molecular complexity index is 408. The van der Waals surface area contributed by atoms with Crippen LogP contribution in [0.15, 0.2) is 37.0 Å². The highest BCUT2D eigenvalue weighted by Crippen LogP contribution is 2.32. The van der Waals surface area contributed by atoms with E-state index in [-0.39, 0.29) is 0 Å². The first-order chi connectivity index (χ1) is 8.50. The summed E-state index contributed by atoms with van der Waals surface area (Å²) in [6, 6.07) is 5.53. The molecular formula is C14H16F3N. The first-order valence-corrected chi connectivity index (χ1v) is 6.04. The zero-order valence-electron chi connectivity index (χ0n) is 10.1. The van der Waals surface area contributed by atoms with Crippen molar-refractivity contribution in [3.8, 4) is 0 Å². The minimum absolute atomic E-state index is 0.305. The van der Waals surface area contributed by atoms with Crippen LogP contribution in [0.25, 0.3) is 0 Å². The molecule has 1 unspecified atom stereocenters. The molecule has 1 fully saturated rings. The van der Waals surface area contributed by atoms with E-state index in [9.17, 15) is 13.2 Å². The second-order valence-electron chi connectivity index (χ2n) is 4.64. The van der Waals surface area contributed by atoms with E-state index in [4.69, 9.17) is 0 Å². The first-order valence-electron chi connectivity index (χ1n) is 6.04. The third-order valence-corrected chi connectivity index (χ3v) is 3.42. The molecule has 98 valence electrons. The average molecular weight is 255 g/mol. The fraction of sp³-hybridized carbons (Fsp3) is 0.429. The molecule has 1 aromatic rings. The van der Waals surface area contributed by atoms with Crippen molar-refractivity contribution in [2.75, 3.05) is 13.1 Å². The van der Waals surface area contributed by atoms with E-state index in [1.807, 2.05) is 0 Å². The van der Waals surface area contributed by atoms with Crippen molar-refractivity contribution in [3.05, 3.63) is 48.2 Å². The normalized spacial score (nSPS) is 20.8. The molecule has 1 aliphatic rings. The molecule has 0 aliphatic carbocycles. The topological polar surface area (TPSA) is 3.24 Å². The van der Waals surface area contributed by atoms with E-state index in [0.717, 1.165) is 31.5 Å². The fourth-order valence-electron chi connectivity index (χ4n) is 2.39. The maximum absolute atomic E-state index is 12.5. The predicted molar refractivity (Wildman–Crippen MR) is 65.2 cm³/mol. The summed E-state index contributed by atoms with van der Waals surface area (Å²) in [7, 11) is 0. The lowest BCUT2D eigenvalue weighted by Crippen LogP contribution is -2.29. The molecule has 1 aliphatic heterocycles. The van der Waals surface area contributed by atoms with Gasteiger partial charge in [-0.3, -0.25) is 0 Å². The molecule has 1 aromatic carbocycles. The molecule has 1 atom stereocenters. The van der Waals surface area contributed by atoms with Crippen molar-refractivity contribution in [1.82, 2.24) is 4.90 Å². The van der Waals surface area contributed by atoms with E-state index in [1.54, 1.807) is 18.3 Å². The van der Waals surface area contributed by atoms with Crippen molar-refractivity contribution in [2.24, 2.45) is 0 Å². The van der Waals surface area contributed by atoms with Crippen molar-refractivity contribution >= 4 is 0 Å². The molecule has 0 saturated carbocycles. The van der Waals surface area contributed by atoms with Gasteiger partial charge in [0.25, 0.3) is 0 Å². The zero-order chi connectivity index (χ0) is 13.2. The van der Waals surface area contributed by atoms with Crippen LogP contribution in [0.5, 0.6) is 0 Å². The van der Waals surface area contributed by atoms with Crippen molar-refractivity contribution in [1.29, 1.82) is 0 Å². The highest BCUT2D eigenvalue weighted by Gasteiger charge is 2.30. The van der Waals surface area contributed by atoms with Crippen molar-refractivity contribution in [3.63, 3.8) is 0 Å². The maximum atomic E-state index is 12.5. The van der Waals surface area contributed by atoms with Gasteiger partial charge in [-0.1, -0.05) is 18.7 Å². The van der Waals surface area contributed by atoms with Crippen LogP contribution in [-0.4, -0.2) is 18.0 Å². The van der Waals surface area contributed by atoms with Gasteiger partial charge in [-0.25, -0.2) is 0 Å². The van der Waals surface area contributed by atoms with E-state index in [0.29, 0.717) is 5.92 Å². The van der Waals surface area contributed by atoms with Gasteiger partial charge >= 0.3 is 6.18 Å². The van der Waals surface area contributed by atoms with Crippen LogP contribution in [0.1, 0.15) is 29.9 Å². The number of hydrogen-bond donors (Lipinski definition) is 0. The van der Waals surface area contributed by atoms with Crippen molar-refractivity contribution in [2.45, 2.75) is 24.9 Å². The van der Waals surface area contributed by atoms with Crippen LogP contribution in [0.2, 0.25) is 0 Å². The standard InChI is InChI=1S/C14H16F3N/c1-2-18-9-3-4-12(10-18)11-5-7-13(8-6-11)14(15,16)17/h2,5-8,12H,1,3-4,9-10H2. The number of rotatable bonds is 2. The van der Waals surface area contributed by atoms with Gasteiger partial charge in [-0.05, 0) is 36.7 Å². The van der Waals surface area contributed by atoms with E-state index < -0.39 is 11.7 Å².